The lowest BCUT2D eigenvalue weighted by molar-refractivity contribution is 0.0977. The number of nitriles is 1. The predicted octanol–water partition coefficient (Wildman–Crippen LogP) is 2.20. The van der Waals surface area contributed by atoms with Crippen LogP contribution in [0.15, 0.2) is 46.2 Å². The third kappa shape index (κ3) is 3.37. The lowest BCUT2D eigenvalue weighted by Gasteiger charge is -2.18. The van der Waals surface area contributed by atoms with Gasteiger partial charge in [0.1, 0.15) is 11.2 Å². The smallest absolute Gasteiger partial charge is 0.244 e. The second kappa shape index (κ2) is 7.38. The van der Waals surface area contributed by atoms with Gasteiger partial charge in [0.05, 0.1) is 23.6 Å². The van der Waals surface area contributed by atoms with Gasteiger partial charge in [0.2, 0.25) is 10.0 Å². The minimum atomic E-state index is -3.63. The zero-order chi connectivity index (χ0) is 17.7. The fourth-order valence-electron chi connectivity index (χ4n) is 2.26. The molecule has 0 saturated heterocycles. The average Bonchev–Trinajstić information content (AvgIpc) is 3.11. The van der Waals surface area contributed by atoms with E-state index in [1.54, 1.807) is 13.8 Å². The Balaban J connectivity index is 2.32. The van der Waals surface area contributed by atoms with Crippen LogP contribution in [0.3, 0.4) is 0 Å². The fourth-order valence-corrected chi connectivity index (χ4v) is 3.66. The van der Waals surface area contributed by atoms with E-state index in [1.807, 2.05) is 6.07 Å². The highest BCUT2D eigenvalue weighted by Crippen LogP contribution is 2.21. The third-order valence-corrected chi connectivity index (χ3v) is 5.63. The van der Waals surface area contributed by atoms with Crippen molar-refractivity contribution >= 4 is 15.8 Å². The van der Waals surface area contributed by atoms with Gasteiger partial charge in [0.25, 0.3) is 0 Å². The highest BCUT2D eigenvalue weighted by molar-refractivity contribution is 7.89. The molecular weight excluding hydrogens is 330 g/mol. The summed E-state index contributed by atoms with van der Waals surface area (Å²) in [5, 5.41) is 9.27. The van der Waals surface area contributed by atoms with Crippen molar-refractivity contribution in [2.24, 2.45) is 0 Å². The van der Waals surface area contributed by atoms with E-state index in [-0.39, 0.29) is 16.2 Å². The molecule has 2 aromatic heterocycles. The Bertz CT molecular complexity index is 832. The van der Waals surface area contributed by atoms with E-state index >= 15 is 0 Å². The summed E-state index contributed by atoms with van der Waals surface area (Å²) in [5.74, 6) is -1.56. The van der Waals surface area contributed by atoms with E-state index < -0.39 is 21.7 Å². The lowest BCUT2D eigenvalue weighted by Crippen LogP contribution is -2.30. The molecule has 2 aromatic rings. The first-order chi connectivity index (χ1) is 11.5. The van der Waals surface area contributed by atoms with Gasteiger partial charge in [0.15, 0.2) is 11.7 Å². The summed E-state index contributed by atoms with van der Waals surface area (Å²) < 4.78 is 31.0. The number of carbonyl (C=O) groups is 1. The van der Waals surface area contributed by atoms with Gasteiger partial charge in [-0.3, -0.25) is 9.78 Å². The Morgan fingerprint density at radius 3 is 2.50 bits per heavy atom. The van der Waals surface area contributed by atoms with Crippen molar-refractivity contribution in [1.29, 1.82) is 5.26 Å². The molecule has 1 atom stereocenters. The highest BCUT2D eigenvalue weighted by atomic mass is 32.2. The highest BCUT2D eigenvalue weighted by Gasteiger charge is 2.26. The number of nitrogens with zero attached hydrogens (tertiary/aromatic N) is 3. The second-order valence-electron chi connectivity index (χ2n) is 4.95. The fraction of sp³-hybridized carbons (Fsp3) is 0.312. The van der Waals surface area contributed by atoms with Crippen molar-refractivity contribution < 1.29 is 17.6 Å². The summed E-state index contributed by atoms with van der Waals surface area (Å²) in [6.07, 6.45) is 3.77. The molecule has 0 aliphatic carbocycles. The minimum Gasteiger partial charge on any atom is -0.472 e. The molecule has 126 valence electrons. The Morgan fingerprint density at radius 2 is 2.04 bits per heavy atom. The van der Waals surface area contributed by atoms with Crippen LogP contribution in [0.5, 0.6) is 0 Å². The molecule has 0 radical (unpaired) electrons. The molecule has 8 heteroatoms. The van der Waals surface area contributed by atoms with Crippen molar-refractivity contribution in [1.82, 2.24) is 9.29 Å². The van der Waals surface area contributed by atoms with Gasteiger partial charge >= 0.3 is 0 Å². The average molecular weight is 347 g/mol. The van der Waals surface area contributed by atoms with Crippen LogP contribution < -0.4 is 0 Å². The number of Topliss-reactive ketones (excluding diaryl/α,β-unsaturated/α-hetero) is 1. The quantitative estimate of drug-likeness (QED) is 0.711. The van der Waals surface area contributed by atoms with Gasteiger partial charge in [0, 0.05) is 19.3 Å². The van der Waals surface area contributed by atoms with Crippen LogP contribution in [-0.2, 0) is 10.0 Å². The molecule has 0 saturated carbocycles. The maximum atomic E-state index is 12.4. The second-order valence-corrected chi connectivity index (χ2v) is 6.88. The number of aromatic nitrogens is 1. The maximum Gasteiger partial charge on any atom is 0.244 e. The summed E-state index contributed by atoms with van der Waals surface area (Å²) in [6.45, 7) is 4.19. The molecule has 0 N–H and O–H groups in total. The molecule has 0 fully saturated rings. The summed E-state index contributed by atoms with van der Waals surface area (Å²) in [5.41, 5.74) is 0.463. The molecular formula is C16H17N3O4S. The lowest BCUT2D eigenvalue weighted by atomic mass is 9.97. The van der Waals surface area contributed by atoms with Gasteiger partial charge in [-0.05, 0) is 18.2 Å². The van der Waals surface area contributed by atoms with Gasteiger partial charge in [-0.25, -0.2) is 8.42 Å². The van der Waals surface area contributed by atoms with Gasteiger partial charge in [-0.15, -0.1) is 0 Å². The summed E-state index contributed by atoms with van der Waals surface area (Å²) >= 11 is 0. The van der Waals surface area contributed by atoms with Gasteiger partial charge in [-0.1, -0.05) is 13.8 Å². The SMILES string of the molecule is CCN(CC)S(=O)(=O)c1ccc([C@@H](C#N)C(=O)c2ccoc2)nc1. The molecule has 2 heterocycles. The van der Waals surface area contributed by atoms with Crippen molar-refractivity contribution in [3.05, 3.63) is 48.2 Å². The van der Waals surface area contributed by atoms with Crippen LogP contribution in [0.4, 0.5) is 0 Å². The largest absolute Gasteiger partial charge is 0.472 e. The molecule has 0 bridgehead atoms. The number of sulfonamides is 1. The van der Waals surface area contributed by atoms with Crippen LogP contribution in [0.1, 0.15) is 35.8 Å². The van der Waals surface area contributed by atoms with Crippen molar-refractivity contribution in [2.75, 3.05) is 13.1 Å². The molecule has 7 nitrogen and oxygen atoms in total. The molecule has 0 aromatic carbocycles. The van der Waals surface area contributed by atoms with Crippen LogP contribution in [-0.4, -0.2) is 36.6 Å². The van der Waals surface area contributed by atoms with Crippen LogP contribution >= 0.6 is 0 Å². The summed E-state index contributed by atoms with van der Waals surface area (Å²) in [6, 6.07) is 6.12. The zero-order valence-corrected chi connectivity index (χ0v) is 14.2. The molecule has 2 rings (SSSR count). The van der Waals surface area contributed by atoms with E-state index in [1.165, 1.54) is 41.2 Å². The Kier molecular flexibility index (Phi) is 5.49. The van der Waals surface area contributed by atoms with Gasteiger partial charge in [-0.2, -0.15) is 9.57 Å². The number of rotatable bonds is 7. The number of pyridine rings is 1. The summed E-state index contributed by atoms with van der Waals surface area (Å²) in [7, 11) is -3.63. The van der Waals surface area contributed by atoms with Crippen LogP contribution in [0.2, 0.25) is 0 Å². The normalized spacial score (nSPS) is 12.8. The molecule has 0 spiro atoms. The minimum absolute atomic E-state index is 0.0300. The van der Waals surface area contributed by atoms with Gasteiger partial charge < -0.3 is 4.42 Å². The first-order valence-electron chi connectivity index (χ1n) is 7.37. The van der Waals surface area contributed by atoms with Crippen LogP contribution in [0, 0.1) is 11.3 Å². The van der Waals surface area contributed by atoms with E-state index in [0.29, 0.717) is 13.1 Å². The first-order valence-corrected chi connectivity index (χ1v) is 8.81. The predicted molar refractivity (Wildman–Crippen MR) is 85.7 cm³/mol. The van der Waals surface area contributed by atoms with Crippen molar-refractivity contribution in [3.63, 3.8) is 0 Å². The molecule has 24 heavy (non-hydrogen) atoms. The van der Waals surface area contributed by atoms with Crippen molar-refractivity contribution in [2.45, 2.75) is 24.7 Å². The number of hydrogen-bond acceptors (Lipinski definition) is 6. The zero-order valence-electron chi connectivity index (χ0n) is 13.3. The summed E-state index contributed by atoms with van der Waals surface area (Å²) in [4.78, 5) is 16.3. The number of carbonyl (C=O) groups excluding carboxylic acids is 1. The topological polar surface area (TPSA) is 104 Å². The van der Waals surface area contributed by atoms with E-state index in [0.717, 1.165) is 0 Å². The Morgan fingerprint density at radius 1 is 1.33 bits per heavy atom. The van der Waals surface area contributed by atoms with E-state index in [2.05, 4.69) is 4.98 Å². The number of hydrogen-bond donors (Lipinski definition) is 0. The Labute approximate surface area is 140 Å². The molecule has 0 unspecified atom stereocenters. The molecule has 0 aliphatic rings. The maximum absolute atomic E-state index is 12.4. The monoisotopic (exact) mass is 347 g/mol. The van der Waals surface area contributed by atoms with Crippen LogP contribution in [0.25, 0.3) is 0 Å². The number of furan rings is 1. The number of ketones is 1. The first kappa shape index (κ1) is 17.8. The standard InChI is InChI=1S/C16H17N3O4S/c1-3-19(4-2)24(21,22)13-5-6-15(18-10-13)14(9-17)16(20)12-7-8-23-11-12/h5-8,10-11,14H,3-4H2,1-2H3/t14-/m1/s1. The Hall–Kier alpha value is -2.50. The van der Waals surface area contributed by atoms with E-state index in [4.69, 9.17) is 4.42 Å². The molecule has 0 amide bonds. The van der Waals surface area contributed by atoms with E-state index in [9.17, 15) is 18.5 Å². The molecule has 0 aliphatic heterocycles. The van der Waals surface area contributed by atoms with Crippen molar-refractivity contribution in [3.8, 4) is 6.07 Å². The third-order valence-electron chi connectivity index (χ3n) is 3.60.